The van der Waals surface area contributed by atoms with Gasteiger partial charge in [0.2, 0.25) is 0 Å². The van der Waals surface area contributed by atoms with Crippen LogP contribution in [0.3, 0.4) is 0 Å². The molecule has 3 rings (SSSR count). The van der Waals surface area contributed by atoms with Crippen LogP contribution in [0, 0.1) is 11.8 Å². The topological polar surface area (TPSA) is 163 Å². The third-order valence-corrected chi connectivity index (χ3v) is 10.6. The summed E-state index contributed by atoms with van der Waals surface area (Å²) in [5.74, 6) is -1.98. The zero-order valence-corrected chi connectivity index (χ0v) is 33.4. The summed E-state index contributed by atoms with van der Waals surface area (Å²) in [7, 11) is 8.97. The zero-order valence-electron chi connectivity index (χ0n) is 33.4. The number of aliphatic hydroxyl groups excluding tert-OH is 2. The Morgan fingerprint density at radius 3 is 2.28 bits per heavy atom. The minimum atomic E-state index is -1.31. The van der Waals surface area contributed by atoms with Gasteiger partial charge >= 0.3 is 11.9 Å². The lowest BCUT2D eigenvalue weighted by Gasteiger charge is -2.47. The van der Waals surface area contributed by atoms with Crippen LogP contribution in [0.15, 0.2) is 24.3 Å². The average Bonchev–Trinajstić information content (AvgIpc) is 3.08. The van der Waals surface area contributed by atoms with Crippen molar-refractivity contribution in [1.29, 1.82) is 0 Å². The molecular formula is C39H66N2O12. The molecule has 2 saturated heterocycles. The van der Waals surface area contributed by atoms with E-state index in [0.717, 1.165) is 12.7 Å². The Morgan fingerprint density at radius 1 is 0.962 bits per heavy atom. The third-order valence-electron chi connectivity index (χ3n) is 10.6. The number of carbonyl (C=O) groups excluding carboxylic acids is 3. The second-order valence-corrected chi connectivity index (χ2v) is 15.2. The number of rotatable bonds is 11. The van der Waals surface area contributed by atoms with Crippen molar-refractivity contribution in [3.8, 4) is 0 Å². The first-order valence-electron chi connectivity index (χ1n) is 19.1. The maximum absolute atomic E-state index is 13.3. The van der Waals surface area contributed by atoms with Gasteiger partial charge in [0.25, 0.3) is 0 Å². The van der Waals surface area contributed by atoms with Gasteiger partial charge in [-0.15, -0.1) is 0 Å². The minimum absolute atomic E-state index is 0.000703. The molecule has 0 aromatic rings. The van der Waals surface area contributed by atoms with Crippen LogP contribution in [0.25, 0.3) is 0 Å². The van der Waals surface area contributed by atoms with Gasteiger partial charge in [0.05, 0.1) is 43.0 Å². The Hall–Kier alpha value is -2.27. The first kappa shape index (κ1) is 45.1. The van der Waals surface area contributed by atoms with Gasteiger partial charge < -0.3 is 58.0 Å². The number of methoxy groups -OCH3 is 1. The van der Waals surface area contributed by atoms with E-state index >= 15 is 0 Å². The molecule has 15 atom stereocenters. The van der Waals surface area contributed by atoms with Gasteiger partial charge in [-0.1, -0.05) is 38.2 Å². The number of cyclic esters (lactones) is 1. The van der Waals surface area contributed by atoms with Gasteiger partial charge in [0.15, 0.2) is 12.6 Å². The van der Waals surface area contributed by atoms with E-state index in [2.05, 4.69) is 4.90 Å². The first-order valence-corrected chi connectivity index (χ1v) is 19.1. The monoisotopic (exact) mass is 754 g/mol. The van der Waals surface area contributed by atoms with Gasteiger partial charge in [-0.05, 0) is 80.1 Å². The number of hydrogen-bond donors (Lipinski definition) is 2. The lowest BCUT2D eigenvalue weighted by atomic mass is 9.82. The molecule has 0 amide bonds. The molecule has 3 heterocycles. The van der Waals surface area contributed by atoms with E-state index in [0.29, 0.717) is 19.3 Å². The van der Waals surface area contributed by atoms with E-state index in [1.54, 1.807) is 39.8 Å². The van der Waals surface area contributed by atoms with Gasteiger partial charge in [-0.25, -0.2) is 0 Å². The van der Waals surface area contributed by atoms with Crippen molar-refractivity contribution in [3.05, 3.63) is 24.3 Å². The van der Waals surface area contributed by atoms with E-state index in [4.69, 9.17) is 33.2 Å². The molecule has 2 fully saturated rings. The fourth-order valence-corrected chi connectivity index (χ4v) is 7.69. The van der Waals surface area contributed by atoms with Crippen LogP contribution < -0.4 is 0 Å². The molecule has 0 radical (unpaired) electrons. The molecule has 14 heteroatoms. The van der Waals surface area contributed by atoms with Crippen LogP contribution in [0.4, 0.5) is 0 Å². The van der Waals surface area contributed by atoms with Crippen LogP contribution in [0.1, 0.15) is 79.6 Å². The lowest BCUT2D eigenvalue weighted by molar-refractivity contribution is -0.310. The van der Waals surface area contributed by atoms with E-state index in [9.17, 15) is 24.6 Å². The number of aliphatic hydroxyl groups is 2. The Labute approximate surface area is 316 Å². The van der Waals surface area contributed by atoms with E-state index in [1.165, 1.54) is 7.11 Å². The van der Waals surface area contributed by atoms with Crippen molar-refractivity contribution >= 4 is 18.2 Å². The molecule has 0 bridgehead atoms. The van der Waals surface area contributed by atoms with Crippen molar-refractivity contribution < 1.29 is 57.8 Å². The number of hydrogen-bond acceptors (Lipinski definition) is 14. The number of ether oxygens (including phenoxy) is 7. The summed E-state index contributed by atoms with van der Waals surface area (Å²) in [6.45, 7) is 9.17. The quantitative estimate of drug-likeness (QED) is 0.234. The predicted molar refractivity (Wildman–Crippen MR) is 197 cm³/mol. The highest BCUT2D eigenvalue weighted by Gasteiger charge is 2.49. The summed E-state index contributed by atoms with van der Waals surface area (Å²) in [5, 5.41) is 22.4. The molecule has 14 nitrogen and oxygen atoms in total. The Balaban J connectivity index is 2.09. The number of nitrogens with zero attached hydrogens (tertiary/aromatic N) is 2. The van der Waals surface area contributed by atoms with Crippen LogP contribution in [0.2, 0.25) is 0 Å². The molecule has 53 heavy (non-hydrogen) atoms. The van der Waals surface area contributed by atoms with Crippen LogP contribution >= 0.6 is 0 Å². The number of carbonyl (C=O) groups is 3. The standard InChI is InChI=1S/C39H66N2O12/c1-11-31(43)51-30-22-32(44)48-24(3)15-13-12-14-16-29(52-33-18-17-28(40(6)7)25(4)49-33)23(2)21-27(19-20-42)37(38(30)47-10)53-39-36(46)34(41(8)9)35(45)26(5)50-39/h12-14,16,20,23-30,33-39,45-46H,11,15,17-19,21-22H2,1-10H3/b13-12+,16-14+/t23-,24-,25-,26-,27+,28+,29+,30-,33?,34+,35-,36-,37+,38?,39+/m1/s1. The molecule has 304 valence electrons. The number of esters is 2. The van der Waals surface area contributed by atoms with E-state index in [-0.39, 0.29) is 37.3 Å². The van der Waals surface area contributed by atoms with Crippen molar-refractivity contribution in [2.45, 2.75) is 159 Å². The van der Waals surface area contributed by atoms with Crippen molar-refractivity contribution in [1.82, 2.24) is 9.80 Å². The fraction of sp³-hybridized carbons (Fsp3) is 0.821. The Bertz CT molecular complexity index is 1200. The van der Waals surface area contributed by atoms with Crippen molar-refractivity contribution in [3.63, 3.8) is 0 Å². The summed E-state index contributed by atoms with van der Waals surface area (Å²) in [4.78, 5) is 42.4. The normalized spacial score (nSPS) is 40.7. The van der Waals surface area contributed by atoms with Crippen molar-refractivity contribution in [2.24, 2.45) is 11.8 Å². The van der Waals surface area contributed by atoms with Crippen molar-refractivity contribution in [2.75, 3.05) is 35.3 Å². The third kappa shape index (κ3) is 12.9. The van der Waals surface area contributed by atoms with Crippen LogP contribution in [0.5, 0.6) is 0 Å². The molecule has 2 N–H and O–H groups in total. The maximum atomic E-state index is 13.3. The second kappa shape index (κ2) is 21.7. The van der Waals surface area contributed by atoms with Crippen LogP contribution in [-0.4, -0.2) is 153 Å². The largest absolute Gasteiger partial charge is 0.462 e. The molecule has 0 aromatic heterocycles. The average molecular weight is 755 g/mol. The highest BCUT2D eigenvalue weighted by molar-refractivity contribution is 5.72. The summed E-state index contributed by atoms with van der Waals surface area (Å²) in [6.07, 6.45) is 1.47. The highest BCUT2D eigenvalue weighted by Crippen LogP contribution is 2.35. The zero-order chi connectivity index (χ0) is 39.4. The fourth-order valence-electron chi connectivity index (χ4n) is 7.69. The number of likely N-dealkylation sites (N-methyl/N-ethyl adjacent to an activating group) is 2. The molecule has 0 aliphatic carbocycles. The summed E-state index contributed by atoms with van der Waals surface area (Å²) in [5.41, 5.74) is 0. The summed E-state index contributed by atoms with van der Waals surface area (Å²) in [6, 6.07) is -0.478. The van der Waals surface area contributed by atoms with E-state index < -0.39 is 85.3 Å². The molecule has 0 aromatic carbocycles. The molecule has 0 saturated carbocycles. The molecule has 3 aliphatic heterocycles. The summed E-state index contributed by atoms with van der Waals surface area (Å²) >= 11 is 0. The van der Waals surface area contributed by atoms with Gasteiger partial charge in [-0.2, -0.15) is 0 Å². The highest BCUT2D eigenvalue weighted by atomic mass is 16.7. The van der Waals surface area contributed by atoms with Crippen LogP contribution in [-0.2, 0) is 47.5 Å². The van der Waals surface area contributed by atoms with Gasteiger partial charge in [-0.3, -0.25) is 9.59 Å². The number of aldehydes is 1. The summed E-state index contributed by atoms with van der Waals surface area (Å²) < 4.78 is 43.3. The lowest BCUT2D eigenvalue weighted by Crippen LogP contribution is -2.63. The van der Waals surface area contributed by atoms with Gasteiger partial charge in [0.1, 0.15) is 30.7 Å². The van der Waals surface area contributed by atoms with Gasteiger partial charge in [0, 0.05) is 32.4 Å². The molecule has 2 unspecified atom stereocenters. The predicted octanol–water partition coefficient (Wildman–Crippen LogP) is 3.01. The molecule has 0 spiro atoms. The molecular weight excluding hydrogens is 688 g/mol. The smallest absolute Gasteiger partial charge is 0.309 e. The Kier molecular flexibility index (Phi) is 18.5. The second-order valence-electron chi connectivity index (χ2n) is 15.2. The Morgan fingerprint density at radius 2 is 1.68 bits per heavy atom. The SMILES string of the molecule is CCC(=O)O[C@@H]1CC(=O)O[C@H](C)C/C=C/C=C/[C@H](OC2CC[C@H](N(C)C)[C@@H](C)O2)[C@H](C)C[C@H](CC=O)[C@H](O[C@@H]2O[C@H](C)[C@@H](O)[C@H](N(C)C)[C@H]2O)C1OC. The maximum Gasteiger partial charge on any atom is 0.309 e. The number of allylic oxidation sites excluding steroid dienone is 2. The van der Waals surface area contributed by atoms with E-state index in [1.807, 2.05) is 52.2 Å². The minimum Gasteiger partial charge on any atom is -0.462 e. The molecule has 3 aliphatic rings. The first-order chi connectivity index (χ1) is 25.1.